The number of carbonyl (C=O) groups excluding carboxylic acids is 1. The van der Waals surface area contributed by atoms with Crippen LogP contribution in [0.2, 0.25) is 0 Å². The third-order valence-electron chi connectivity index (χ3n) is 5.57. The van der Waals surface area contributed by atoms with Gasteiger partial charge in [0.05, 0.1) is 6.54 Å². The Morgan fingerprint density at radius 3 is 2.68 bits per heavy atom. The Labute approximate surface area is 148 Å². The lowest BCUT2D eigenvalue weighted by molar-refractivity contribution is -0.130. The number of piperazine rings is 1. The van der Waals surface area contributed by atoms with Gasteiger partial charge in [-0.15, -0.1) is 0 Å². The van der Waals surface area contributed by atoms with Gasteiger partial charge in [0.25, 0.3) is 0 Å². The summed E-state index contributed by atoms with van der Waals surface area (Å²) in [5, 5.41) is 0. The predicted octanol–water partition coefficient (Wildman–Crippen LogP) is 1.81. The average molecular weight is 342 g/mol. The fraction of sp³-hybridized carbons (Fsp3) is 0.579. The number of likely N-dealkylation sites (tertiary alicyclic amines) is 1. The van der Waals surface area contributed by atoms with Crippen molar-refractivity contribution < 1.29 is 9.21 Å². The van der Waals surface area contributed by atoms with Gasteiger partial charge in [0, 0.05) is 52.2 Å². The van der Waals surface area contributed by atoms with Gasteiger partial charge >= 0.3 is 0 Å². The second kappa shape index (κ2) is 6.77. The highest BCUT2D eigenvalue weighted by atomic mass is 16.3. The minimum Gasteiger partial charge on any atom is -0.439 e. The van der Waals surface area contributed by atoms with E-state index in [9.17, 15) is 4.79 Å². The quantitative estimate of drug-likeness (QED) is 0.852. The van der Waals surface area contributed by atoms with Gasteiger partial charge in [-0.1, -0.05) is 19.1 Å². The lowest BCUT2D eigenvalue weighted by Gasteiger charge is -2.39. The van der Waals surface area contributed by atoms with E-state index in [4.69, 9.17) is 4.42 Å². The van der Waals surface area contributed by atoms with Crippen LogP contribution in [-0.2, 0) is 11.3 Å². The van der Waals surface area contributed by atoms with Crippen LogP contribution < -0.4 is 0 Å². The van der Waals surface area contributed by atoms with Crippen molar-refractivity contribution in [1.82, 2.24) is 19.7 Å². The first kappa shape index (κ1) is 16.5. The zero-order chi connectivity index (χ0) is 17.4. The number of nitrogens with zero attached hydrogens (tertiary/aromatic N) is 4. The van der Waals surface area contributed by atoms with E-state index in [1.54, 1.807) is 6.92 Å². The summed E-state index contributed by atoms with van der Waals surface area (Å²) in [6, 6.07) is 8.48. The molecule has 6 heteroatoms. The van der Waals surface area contributed by atoms with Crippen LogP contribution in [0.4, 0.5) is 0 Å². The van der Waals surface area contributed by atoms with Gasteiger partial charge in [-0.05, 0) is 18.1 Å². The molecule has 2 unspecified atom stereocenters. The smallest absolute Gasteiger partial charge is 0.219 e. The van der Waals surface area contributed by atoms with E-state index in [-0.39, 0.29) is 5.91 Å². The Balaban J connectivity index is 1.37. The summed E-state index contributed by atoms with van der Waals surface area (Å²) >= 11 is 0. The number of aromatic nitrogens is 1. The van der Waals surface area contributed by atoms with Crippen LogP contribution in [0.15, 0.2) is 28.7 Å². The number of oxazole rings is 1. The number of hydrogen-bond donors (Lipinski definition) is 0. The molecule has 0 N–H and O–H groups in total. The number of carbonyl (C=O) groups is 1. The van der Waals surface area contributed by atoms with Crippen molar-refractivity contribution in [2.45, 2.75) is 26.4 Å². The van der Waals surface area contributed by atoms with Gasteiger partial charge in [-0.3, -0.25) is 14.6 Å². The van der Waals surface area contributed by atoms with Crippen molar-refractivity contribution in [3.8, 4) is 0 Å². The summed E-state index contributed by atoms with van der Waals surface area (Å²) in [6.07, 6.45) is 0. The van der Waals surface area contributed by atoms with E-state index >= 15 is 0 Å². The molecule has 134 valence electrons. The zero-order valence-corrected chi connectivity index (χ0v) is 15.0. The molecule has 4 rings (SSSR count). The van der Waals surface area contributed by atoms with E-state index in [2.05, 4.69) is 21.7 Å². The maximum absolute atomic E-state index is 11.5. The second-order valence-electron chi connectivity index (χ2n) is 7.36. The molecule has 3 heterocycles. The second-order valence-corrected chi connectivity index (χ2v) is 7.36. The Morgan fingerprint density at radius 1 is 1.20 bits per heavy atom. The van der Waals surface area contributed by atoms with Crippen LogP contribution in [0, 0.1) is 5.92 Å². The van der Waals surface area contributed by atoms with Crippen molar-refractivity contribution in [2.75, 3.05) is 39.3 Å². The van der Waals surface area contributed by atoms with E-state index in [1.165, 1.54) is 0 Å². The van der Waals surface area contributed by atoms with Crippen LogP contribution in [0.5, 0.6) is 0 Å². The lowest BCUT2D eigenvalue weighted by atomic mass is 10.0. The van der Waals surface area contributed by atoms with Crippen molar-refractivity contribution in [2.24, 2.45) is 5.92 Å². The van der Waals surface area contributed by atoms with Crippen LogP contribution >= 0.6 is 0 Å². The Kier molecular flexibility index (Phi) is 4.48. The Bertz CT molecular complexity index is 718. The molecule has 2 aliphatic rings. The van der Waals surface area contributed by atoms with Crippen LogP contribution in [0.3, 0.4) is 0 Å². The number of fused-ring (bicyclic) bond motifs is 1. The Hall–Kier alpha value is -1.92. The summed E-state index contributed by atoms with van der Waals surface area (Å²) in [4.78, 5) is 23.0. The predicted molar refractivity (Wildman–Crippen MR) is 96.1 cm³/mol. The first-order valence-electron chi connectivity index (χ1n) is 9.16. The first-order chi connectivity index (χ1) is 12.1. The van der Waals surface area contributed by atoms with Gasteiger partial charge in [-0.2, -0.15) is 0 Å². The lowest BCUT2D eigenvalue weighted by Crippen LogP contribution is -2.53. The van der Waals surface area contributed by atoms with Gasteiger partial charge in [-0.25, -0.2) is 4.98 Å². The summed E-state index contributed by atoms with van der Waals surface area (Å²) in [5.41, 5.74) is 1.79. The van der Waals surface area contributed by atoms with Gasteiger partial charge in [0.2, 0.25) is 11.8 Å². The van der Waals surface area contributed by atoms with Gasteiger partial charge in [0.1, 0.15) is 5.52 Å². The molecule has 0 radical (unpaired) electrons. The molecule has 6 nitrogen and oxygen atoms in total. The zero-order valence-electron chi connectivity index (χ0n) is 15.0. The molecule has 0 spiro atoms. The summed E-state index contributed by atoms with van der Waals surface area (Å²) in [6.45, 7) is 10.5. The Morgan fingerprint density at radius 2 is 1.96 bits per heavy atom. The van der Waals surface area contributed by atoms with Gasteiger partial charge in [0.15, 0.2) is 5.58 Å². The topological polar surface area (TPSA) is 52.8 Å². The van der Waals surface area contributed by atoms with Crippen molar-refractivity contribution in [3.05, 3.63) is 30.2 Å². The highest BCUT2D eigenvalue weighted by Crippen LogP contribution is 2.25. The minimum atomic E-state index is 0.191. The normalized spacial score (nSPS) is 25.8. The molecule has 2 atom stereocenters. The monoisotopic (exact) mass is 342 g/mol. The van der Waals surface area contributed by atoms with E-state index < -0.39 is 0 Å². The molecule has 2 fully saturated rings. The highest BCUT2D eigenvalue weighted by molar-refractivity contribution is 5.73. The fourth-order valence-corrected chi connectivity index (χ4v) is 4.20. The SMILES string of the molecule is CC(=O)N1CCN(C2CN(Cc3nc4ccccc4o3)CC2C)CC1. The maximum Gasteiger partial charge on any atom is 0.219 e. The van der Waals surface area contributed by atoms with E-state index in [1.807, 2.05) is 29.2 Å². The standard InChI is InChI=1S/C19H26N4O2/c1-14-11-21(13-19-20-16-5-3-4-6-18(16)25-19)12-17(14)23-9-7-22(8-10-23)15(2)24/h3-6,14,17H,7-13H2,1-2H3. The highest BCUT2D eigenvalue weighted by Gasteiger charge is 2.35. The number of para-hydroxylation sites is 2. The molecule has 1 aromatic heterocycles. The number of amides is 1. The van der Waals surface area contributed by atoms with Crippen LogP contribution in [0.25, 0.3) is 11.1 Å². The van der Waals surface area contributed by atoms with Gasteiger partial charge < -0.3 is 9.32 Å². The number of benzene rings is 1. The third-order valence-corrected chi connectivity index (χ3v) is 5.57. The van der Waals surface area contributed by atoms with Crippen molar-refractivity contribution in [1.29, 1.82) is 0 Å². The third kappa shape index (κ3) is 3.41. The average Bonchev–Trinajstić information content (AvgIpc) is 3.17. The van der Waals surface area contributed by atoms with Crippen molar-refractivity contribution in [3.63, 3.8) is 0 Å². The summed E-state index contributed by atoms with van der Waals surface area (Å²) < 4.78 is 5.88. The minimum absolute atomic E-state index is 0.191. The van der Waals surface area contributed by atoms with E-state index in [0.29, 0.717) is 12.0 Å². The molecule has 1 aromatic carbocycles. The number of hydrogen-bond acceptors (Lipinski definition) is 5. The summed E-state index contributed by atoms with van der Waals surface area (Å²) in [7, 11) is 0. The first-order valence-corrected chi connectivity index (χ1v) is 9.16. The van der Waals surface area contributed by atoms with Crippen LogP contribution in [0.1, 0.15) is 19.7 Å². The summed E-state index contributed by atoms with van der Waals surface area (Å²) in [5.74, 6) is 1.61. The molecular formula is C19H26N4O2. The van der Waals surface area contributed by atoms with Crippen molar-refractivity contribution >= 4 is 17.0 Å². The van der Waals surface area contributed by atoms with E-state index in [0.717, 1.165) is 62.8 Å². The molecule has 2 saturated heterocycles. The molecule has 0 bridgehead atoms. The largest absolute Gasteiger partial charge is 0.439 e. The molecule has 0 saturated carbocycles. The fourth-order valence-electron chi connectivity index (χ4n) is 4.20. The van der Waals surface area contributed by atoms with Crippen LogP contribution in [-0.4, -0.2) is 70.9 Å². The molecule has 25 heavy (non-hydrogen) atoms. The molecular weight excluding hydrogens is 316 g/mol. The molecule has 2 aromatic rings. The number of rotatable bonds is 3. The maximum atomic E-state index is 11.5. The molecule has 2 aliphatic heterocycles. The molecule has 0 aliphatic carbocycles. The molecule has 1 amide bonds.